The van der Waals surface area contributed by atoms with Crippen LogP contribution in [0.4, 0.5) is 5.69 Å². The van der Waals surface area contributed by atoms with E-state index in [1.54, 1.807) is 7.05 Å². The molecule has 6 heteroatoms. The second kappa shape index (κ2) is 5.39. The summed E-state index contributed by atoms with van der Waals surface area (Å²) >= 11 is 0. The van der Waals surface area contributed by atoms with Gasteiger partial charge in [0.2, 0.25) is 0 Å². The fraction of sp³-hybridized carbons (Fsp3) is 0.667. The Balaban J connectivity index is 2.04. The smallest absolute Gasteiger partial charge is 0.330 e. The monoisotopic (exact) mass is 252 g/mol. The van der Waals surface area contributed by atoms with E-state index in [0.717, 1.165) is 26.1 Å². The lowest BCUT2D eigenvalue weighted by molar-refractivity contribution is 0.322. The van der Waals surface area contributed by atoms with Crippen molar-refractivity contribution in [1.82, 2.24) is 14.0 Å². The number of nitrogens with two attached hydrogens (primary N) is 1. The van der Waals surface area contributed by atoms with Crippen molar-refractivity contribution in [2.24, 2.45) is 7.05 Å². The highest BCUT2D eigenvalue weighted by atomic mass is 16.2. The van der Waals surface area contributed by atoms with E-state index >= 15 is 0 Å². The van der Waals surface area contributed by atoms with Crippen molar-refractivity contribution >= 4 is 5.69 Å². The third-order valence-electron chi connectivity index (χ3n) is 3.41. The second-order valence-corrected chi connectivity index (χ2v) is 4.84. The summed E-state index contributed by atoms with van der Waals surface area (Å²) in [7, 11) is 1.61. The van der Waals surface area contributed by atoms with Crippen LogP contribution < -0.4 is 17.0 Å². The Morgan fingerprint density at radius 2 is 1.89 bits per heavy atom. The average molecular weight is 252 g/mol. The molecule has 1 aliphatic rings. The molecule has 18 heavy (non-hydrogen) atoms. The summed E-state index contributed by atoms with van der Waals surface area (Å²) in [6, 6.07) is 0. The van der Waals surface area contributed by atoms with E-state index in [1.165, 1.54) is 28.2 Å². The molecule has 0 aromatic carbocycles. The van der Waals surface area contributed by atoms with Crippen LogP contribution in [0.1, 0.15) is 19.3 Å². The topological polar surface area (TPSA) is 73.3 Å². The largest absolute Gasteiger partial charge is 0.393 e. The van der Waals surface area contributed by atoms with E-state index < -0.39 is 0 Å². The lowest BCUT2D eigenvalue weighted by atomic mass is 10.3. The molecule has 1 aromatic heterocycles. The highest BCUT2D eigenvalue weighted by molar-refractivity contribution is 5.30. The predicted molar refractivity (Wildman–Crippen MR) is 70.6 cm³/mol. The summed E-state index contributed by atoms with van der Waals surface area (Å²) < 4.78 is 2.58. The molecule has 0 bridgehead atoms. The van der Waals surface area contributed by atoms with Crippen LogP contribution in [0.3, 0.4) is 0 Å². The normalized spacial score (nSPS) is 16.3. The van der Waals surface area contributed by atoms with E-state index in [0.29, 0.717) is 6.54 Å². The van der Waals surface area contributed by atoms with Gasteiger partial charge in [0.15, 0.2) is 0 Å². The van der Waals surface area contributed by atoms with E-state index in [-0.39, 0.29) is 16.9 Å². The minimum atomic E-state index is -0.375. The van der Waals surface area contributed by atoms with Crippen molar-refractivity contribution in [3.8, 4) is 0 Å². The van der Waals surface area contributed by atoms with Gasteiger partial charge in [-0.15, -0.1) is 0 Å². The van der Waals surface area contributed by atoms with E-state index in [2.05, 4.69) is 4.90 Å². The third kappa shape index (κ3) is 2.64. The fourth-order valence-electron chi connectivity index (χ4n) is 2.41. The van der Waals surface area contributed by atoms with Gasteiger partial charge < -0.3 is 15.2 Å². The van der Waals surface area contributed by atoms with Crippen LogP contribution in [-0.4, -0.2) is 33.7 Å². The highest BCUT2D eigenvalue weighted by Gasteiger charge is 2.12. The summed E-state index contributed by atoms with van der Waals surface area (Å²) in [6.07, 6.45) is 4.68. The van der Waals surface area contributed by atoms with Gasteiger partial charge in [-0.2, -0.15) is 0 Å². The standard InChI is InChI=1S/C12H20N4O2/c1-14-9-10(13)11(17)16(12(14)18)8-4-7-15-5-2-3-6-15/h9H,2-8,13H2,1H3. The summed E-state index contributed by atoms with van der Waals surface area (Å²) in [5, 5.41) is 0. The van der Waals surface area contributed by atoms with Crippen LogP contribution in [0.25, 0.3) is 0 Å². The minimum absolute atomic E-state index is 0.123. The molecule has 1 aliphatic heterocycles. The molecule has 0 saturated carbocycles. The SMILES string of the molecule is Cn1cc(N)c(=O)n(CCCN2CCCC2)c1=O. The quantitative estimate of drug-likeness (QED) is 0.792. The molecule has 6 nitrogen and oxygen atoms in total. The minimum Gasteiger partial charge on any atom is -0.393 e. The maximum absolute atomic E-state index is 11.8. The first-order chi connectivity index (χ1) is 8.59. The highest BCUT2D eigenvalue weighted by Crippen LogP contribution is 2.07. The Morgan fingerprint density at radius 1 is 1.22 bits per heavy atom. The van der Waals surface area contributed by atoms with E-state index in [4.69, 9.17) is 5.73 Å². The zero-order chi connectivity index (χ0) is 13.1. The molecule has 1 aromatic rings. The lowest BCUT2D eigenvalue weighted by Gasteiger charge is -2.14. The molecule has 0 radical (unpaired) electrons. The number of anilines is 1. The predicted octanol–water partition coefficient (Wildman–Crippen LogP) is -0.385. The van der Waals surface area contributed by atoms with Gasteiger partial charge >= 0.3 is 5.69 Å². The van der Waals surface area contributed by atoms with Crippen LogP contribution in [0.5, 0.6) is 0 Å². The van der Waals surface area contributed by atoms with Gasteiger partial charge in [0.25, 0.3) is 5.56 Å². The first-order valence-electron chi connectivity index (χ1n) is 6.38. The maximum atomic E-state index is 11.8. The molecule has 0 spiro atoms. The zero-order valence-corrected chi connectivity index (χ0v) is 10.8. The second-order valence-electron chi connectivity index (χ2n) is 4.84. The van der Waals surface area contributed by atoms with Gasteiger partial charge in [-0.05, 0) is 38.9 Å². The van der Waals surface area contributed by atoms with Crippen molar-refractivity contribution in [2.75, 3.05) is 25.4 Å². The number of nitrogens with zero attached hydrogens (tertiary/aromatic N) is 3. The molecule has 2 rings (SSSR count). The number of aryl methyl sites for hydroxylation is 1. The lowest BCUT2D eigenvalue weighted by Crippen LogP contribution is -2.40. The Hall–Kier alpha value is -1.56. The van der Waals surface area contributed by atoms with E-state index in [9.17, 15) is 9.59 Å². The molecule has 1 fully saturated rings. The number of rotatable bonds is 4. The molecular formula is C12H20N4O2. The van der Waals surface area contributed by atoms with Gasteiger partial charge in [0.1, 0.15) is 5.69 Å². The van der Waals surface area contributed by atoms with Gasteiger partial charge in [0.05, 0.1) is 0 Å². The molecule has 0 amide bonds. The molecule has 1 saturated heterocycles. The summed E-state index contributed by atoms with van der Waals surface area (Å²) in [4.78, 5) is 26.0. The van der Waals surface area contributed by atoms with Crippen LogP contribution >= 0.6 is 0 Å². The van der Waals surface area contributed by atoms with Crippen molar-refractivity contribution in [1.29, 1.82) is 0 Å². The first-order valence-corrected chi connectivity index (χ1v) is 6.38. The zero-order valence-electron chi connectivity index (χ0n) is 10.8. The molecule has 2 heterocycles. The third-order valence-corrected chi connectivity index (χ3v) is 3.41. The molecule has 0 aliphatic carbocycles. The average Bonchev–Trinajstić information content (AvgIpc) is 2.84. The van der Waals surface area contributed by atoms with Crippen molar-refractivity contribution in [3.05, 3.63) is 27.0 Å². The number of likely N-dealkylation sites (tertiary alicyclic amines) is 1. The van der Waals surface area contributed by atoms with Crippen molar-refractivity contribution in [3.63, 3.8) is 0 Å². The van der Waals surface area contributed by atoms with Crippen LogP contribution in [0.15, 0.2) is 15.8 Å². The molecule has 100 valence electrons. The Labute approximate surface area is 106 Å². The summed E-state index contributed by atoms with van der Waals surface area (Å²) in [5.41, 5.74) is 5.03. The van der Waals surface area contributed by atoms with Gasteiger partial charge in [-0.3, -0.25) is 9.36 Å². The summed E-state index contributed by atoms with van der Waals surface area (Å²) in [5.74, 6) is 0. The van der Waals surface area contributed by atoms with Gasteiger partial charge in [-0.25, -0.2) is 4.79 Å². The van der Waals surface area contributed by atoms with Crippen LogP contribution in [0, 0.1) is 0 Å². The Kier molecular flexibility index (Phi) is 3.86. The van der Waals surface area contributed by atoms with E-state index in [1.807, 2.05) is 0 Å². The van der Waals surface area contributed by atoms with Crippen LogP contribution in [0.2, 0.25) is 0 Å². The fourth-order valence-corrected chi connectivity index (χ4v) is 2.41. The number of aromatic nitrogens is 2. The Morgan fingerprint density at radius 3 is 2.56 bits per heavy atom. The first kappa shape index (κ1) is 12.9. The van der Waals surface area contributed by atoms with Crippen LogP contribution in [-0.2, 0) is 13.6 Å². The molecule has 2 N–H and O–H groups in total. The molecular weight excluding hydrogens is 232 g/mol. The van der Waals surface area contributed by atoms with Crippen molar-refractivity contribution < 1.29 is 0 Å². The number of nitrogen functional groups attached to an aromatic ring is 1. The summed E-state index contributed by atoms with van der Waals surface area (Å²) in [6.45, 7) is 3.63. The van der Waals surface area contributed by atoms with Gasteiger partial charge in [0, 0.05) is 19.8 Å². The molecule has 0 unspecified atom stereocenters. The Bertz CT molecular complexity index is 492. The molecule has 0 atom stereocenters. The van der Waals surface area contributed by atoms with Crippen molar-refractivity contribution in [2.45, 2.75) is 25.8 Å². The number of hydrogen-bond acceptors (Lipinski definition) is 4. The number of hydrogen-bond donors (Lipinski definition) is 1. The van der Waals surface area contributed by atoms with Gasteiger partial charge in [-0.1, -0.05) is 0 Å². The maximum Gasteiger partial charge on any atom is 0.330 e.